The van der Waals surface area contributed by atoms with E-state index in [-0.39, 0.29) is 0 Å². The predicted octanol–water partition coefficient (Wildman–Crippen LogP) is 3.61. The zero-order valence-electron chi connectivity index (χ0n) is 7.90. The van der Waals surface area contributed by atoms with Crippen LogP contribution < -0.4 is 0 Å². The number of hydrogen-bond donors (Lipinski definition) is 0. The van der Waals surface area contributed by atoms with Crippen LogP contribution in [-0.2, 0) is 0 Å². The molecule has 1 nitrogen and oxygen atoms in total. The summed E-state index contributed by atoms with van der Waals surface area (Å²) in [4.78, 5) is 4.45. The van der Waals surface area contributed by atoms with Gasteiger partial charge in [-0.05, 0) is 12.1 Å². The Morgan fingerprint density at radius 3 is 3.00 bits per heavy atom. The van der Waals surface area contributed by atoms with Crippen LogP contribution in [0, 0.1) is 12.3 Å². The predicted molar refractivity (Wildman–Crippen MR) is 66.3 cm³/mol. The molecule has 0 fully saturated rings. The summed E-state index contributed by atoms with van der Waals surface area (Å²) in [6, 6.07) is 9.80. The van der Waals surface area contributed by atoms with Gasteiger partial charge in [-0.2, -0.15) is 0 Å². The minimum absolute atomic E-state index is 0.588. The lowest BCUT2D eigenvalue weighted by atomic mass is 10.2. The van der Waals surface area contributed by atoms with Gasteiger partial charge >= 0.3 is 0 Å². The van der Waals surface area contributed by atoms with Crippen LogP contribution in [0.4, 0.5) is 0 Å². The number of aromatic nitrogens is 1. The molecule has 0 aliphatic rings. The molecule has 1 aromatic carbocycles. The molecule has 3 heteroatoms. The number of terminal acetylenes is 1. The summed E-state index contributed by atoms with van der Waals surface area (Å²) < 4.78 is 0. The Hall–Kier alpha value is -1.17. The van der Waals surface area contributed by atoms with Gasteiger partial charge in [0.05, 0.1) is 16.3 Å². The number of nitrogens with zero attached hydrogens (tertiary/aromatic N) is 1. The van der Waals surface area contributed by atoms with Crippen molar-refractivity contribution in [3.8, 4) is 12.3 Å². The second-order valence-corrected chi connectivity index (χ2v) is 4.33. The Balaban J connectivity index is 2.48. The van der Waals surface area contributed by atoms with E-state index in [1.807, 2.05) is 30.3 Å². The Labute approximate surface area is 97.9 Å². The van der Waals surface area contributed by atoms with Gasteiger partial charge in [-0.15, -0.1) is 6.42 Å². The molecule has 1 aromatic heterocycles. The van der Waals surface area contributed by atoms with Crippen molar-refractivity contribution in [2.45, 2.75) is 5.03 Å². The smallest absolute Gasteiger partial charge is 0.116 e. The molecule has 15 heavy (non-hydrogen) atoms. The summed E-state index contributed by atoms with van der Waals surface area (Å²) in [6.07, 6.45) is 5.20. The van der Waals surface area contributed by atoms with E-state index in [4.69, 9.17) is 18.0 Å². The van der Waals surface area contributed by atoms with Crippen LogP contribution in [0.2, 0.25) is 5.02 Å². The fraction of sp³-hybridized carbons (Fsp3) is 0.0833. The van der Waals surface area contributed by atoms with Crippen LogP contribution in [-0.4, -0.2) is 10.7 Å². The topological polar surface area (TPSA) is 12.9 Å². The van der Waals surface area contributed by atoms with E-state index < -0.39 is 0 Å². The summed E-state index contributed by atoms with van der Waals surface area (Å²) in [6.45, 7) is 0. The van der Waals surface area contributed by atoms with Crippen molar-refractivity contribution in [2.24, 2.45) is 0 Å². The summed E-state index contributed by atoms with van der Waals surface area (Å²) in [5.41, 5.74) is 0.946. The highest BCUT2D eigenvalue weighted by Crippen LogP contribution is 2.28. The van der Waals surface area contributed by atoms with E-state index >= 15 is 0 Å². The van der Waals surface area contributed by atoms with Crippen LogP contribution in [0.15, 0.2) is 35.4 Å². The first-order chi connectivity index (χ1) is 7.31. The zero-order chi connectivity index (χ0) is 10.7. The molecule has 0 radical (unpaired) electrons. The summed E-state index contributed by atoms with van der Waals surface area (Å²) >= 11 is 7.57. The molecular weight excluding hydrogens is 226 g/mol. The third kappa shape index (κ3) is 2.26. The van der Waals surface area contributed by atoms with Crippen molar-refractivity contribution in [3.05, 3.63) is 35.4 Å². The fourth-order valence-electron chi connectivity index (χ4n) is 1.28. The van der Waals surface area contributed by atoms with Crippen LogP contribution in [0.3, 0.4) is 0 Å². The lowest BCUT2D eigenvalue weighted by molar-refractivity contribution is 1.19. The van der Waals surface area contributed by atoms with E-state index in [1.165, 1.54) is 11.8 Å². The summed E-state index contributed by atoms with van der Waals surface area (Å²) in [5, 5.41) is 2.51. The van der Waals surface area contributed by atoms with Crippen molar-refractivity contribution in [3.63, 3.8) is 0 Å². The van der Waals surface area contributed by atoms with Gasteiger partial charge < -0.3 is 0 Å². The first kappa shape index (κ1) is 10.4. The van der Waals surface area contributed by atoms with E-state index in [0.29, 0.717) is 10.8 Å². The minimum Gasteiger partial charge on any atom is -0.240 e. The number of thioether (sulfide) groups is 1. The summed E-state index contributed by atoms with van der Waals surface area (Å²) in [7, 11) is 0. The van der Waals surface area contributed by atoms with Gasteiger partial charge in [0.15, 0.2) is 0 Å². The molecular formula is C12H8ClNS. The molecule has 1 heterocycles. The second-order valence-electron chi connectivity index (χ2n) is 2.96. The normalized spacial score (nSPS) is 10.1. The van der Waals surface area contributed by atoms with E-state index in [1.54, 1.807) is 0 Å². The van der Waals surface area contributed by atoms with Crippen molar-refractivity contribution < 1.29 is 0 Å². The highest BCUT2D eigenvalue weighted by molar-refractivity contribution is 7.99. The molecule has 0 atom stereocenters. The van der Waals surface area contributed by atoms with Crippen LogP contribution in [0.5, 0.6) is 0 Å². The zero-order valence-corrected chi connectivity index (χ0v) is 9.48. The van der Waals surface area contributed by atoms with Crippen LogP contribution in [0.1, 0.15) is 0 Å². The van der Waals surface area contributed by atoms with Gasteiger partial charge in [0.25, 0.3) is 0 Å². The molecule has 0 unspecified atom stereocenters. The van der Waals surface area contributed by atoms with Gasteiger partial charge in [0.2, 0.25) is 0 Å². The van der Waals surface area contributed by atoms with Gasteiger partial charge in [-0.3, -0.25) is 0 Å². The van der Waals surface area contributed by atoms with Crippen molar-refractivity contribution in [1.82, 2.24) is 4.98 Å². The molecule has 0 aliphatic carbocycles. The number of hydrogen-bond acceptors (Lipinski definition) is 2. The highest BCUT2D eigenvalue weighted by atomic mass is 35.5. The molecule has 0 amide bonds. The lowest BCUT2D eigenvalue weighted by Gasteiger charge is -2.03. The first-order valence-electron chi connectivity index (χ1n) is 4.43. The van der Waals surface area contributed by atoms with Crippen LogP contribution in [0.25, 0.3) is 10.9 Å². The Morgan fingerprint density at radius 1 is 1.40 bits per heavy atom. The lowest BCUT2D eigenvalue weighted by Crippen LogP contribution is -1.85. The second kappa shape index (κ2) is 4.57. The molecule has 0 saturated carbocycles. The number of para-hydroxylation sites is 1. The summed E-state index contributed by atoms with van der Waals surface area (Å²) in [5.74, 6) is 3.14. The Bertz CT molecular complexity index is 531. The Morgan fingerprint density at radius 2 is 2.20 bits per heavy atom. The molecule has 0 saturated heterocycles. The molecule has 74 valence electrons. The molecule has 0 N–H and O–H groups in total. The fourth-order valence-corrected chi connectivity index (χ4v) is 2.19. The molecule has 2 aromatic rings. The molecule has 0 spiro atoms. The first-order valence-corrected chi connectivity index (χ1v) is 5.79. The number of rotatable bonds is 2. The third-order valence-electron chi connectivity index (χ3n) is 1.94. The van der Waals surface area contributed by atoms with Crippen molar-refractivity contribution in [2.75, 3.05) is 5.75 Å². The van der Waals surface area contributed by atoms with Gasteiger partial charge in [-0.1, -0.05) is 47.5 Å². The number of pyridine rings is 1. The van der Waals surface area contributed by atoms with Gasteiger partial charge in [0.1, 0.15) is 5.03 Å². The number of fused-ring (bicyclic) bond motifs is 1. The monoisotopic (exact) mass is 233 g/mol. The average Bonchev–Trinajstić information content (AvgIpc) is 2.26. The minimum atomic E-state index is 0.588. The number of benzene rings is 1. The highest BCUT2D eigenvalue weighted by Gasteiger charge is 2.04. The average molecular weight is 234 g/mol. The maximum atomic E-state index is 6.09. The van der Waals surface area contributed by atoms with Crippen molar-refractivity contribution >= 4 is 34.3 Å². The molecule has 2 rings (SSSR count). The van der Waals surface area contributed by atoms with E-state index in [2.05, 4.69) is 10.9 Å². The van der Waals surface area contributed by atoms with E-state index in [0.717, 1.165) is 15.9 Å². The molecule has 0 bridgehead atoms. The maximum Gasteiger partial charge on any atom is 0.116 e. The third-order valence-corrected chi connectivity index (χ3v) is 3.23. The van der Waals surface area contributed by atoms with Crippen molar-refractivity contribution in [1.29, 1.82) is 0 Å². The number of halogens is 1. The van der Waals surface area contributed by atoms with E-state index in [9.17, 15) is 0 Å². The molecule has 0 aliphatic heterocycles. The standard InChI is InChI=1S/C12H8ClNS/c1-2-7-15-12-10(13)8-9-5-3-4-6-11(9)14-12/h1,3-6,8H,7H2. The van der Waals surface area contributed by atoms with Crippen LogP contribution >= 0.6 is 23.4 Å². The maximum absolute atomic E-state index is 6.09. The quantitative estimate of drug-likeness (QED) is 0.581. The largest absolute Gasteiger partial charge is 0.240 e. The van der Waals surface area contributed by atoms with Gasteiger partial charge in [-0.25, -0.2) is 4.98 Å². The SMILES string of the molecule is C#CCSc1nc2ccccc2cc1Cl. The van der Waals surface area contributed by atoms with Gasteiger partial charge in [0, 0.05) is 5.39 Å². The Kier molecular flexibility index (Phi) is 3.15.